The third kappa shape index (κ3) is 4.91. The first-order chi connectivity index (χ1) is 11.1. The zero-order valence-electron chi connectivity index (χ0n) is 14.2. The molecule has 2 rings (SSSR count). The summed E-state index contributed by atoms with van der Waals surface area (Å²) in [4.78, 5) is 13.0. The van der Waals surface area contributed by atoms with Crippen LogP contribution in [0.3, 0.4) is 0 Å². The van der Waals surface area contributed by atoms with E-state index in [1.54, 1.807) is 6.07 Å². The first-order valence-corrected chi connectivity index (χ1v) is 8.47. The van der Waals surface area contributed by atoms with Gasteiger partial charge in [0.15, 0.2) is 0 Å². The second-order valence-corrected chi connectivity index (χ2v) is 6.25. The van der Waals surface area contributed by atoms with Crippen molar-refractivity contribution in [1.29, 1.82) is 0 Å². The largest absolute Gasteiger partial charge is 0.381 e. The topological polar surface area (TPSA) is 64.3 Å². The molecule has 0 radical (unpaired) electrons. The van der Waals surface area contributed by atoms with Crippen LogP contribution in [0, 0.1) is 5.82 Å². The van der Waals surface area contributed by atoms with Crippen molar-refractivity contribution in [3.63, 3.8) is 0 Å². The molecule has 3 N–H and O–H groups in total. The van der Waals surface area contributed by atoms with Gasteiger partial charge < -0.3 is 15.8 Å². The third-order valence-electron chi connectivity index (χ3n) is 4.68. The molecule has 0 aromatic heterocycles. The Kier molecular flexibility index (Phi) is 8.67. The number of hydrogen-bond donors (Lipinski definition) is 2. The van der Waals surface area contributed by atoms with Crippen LogP contribution in [-0.2, 0) is 14.9 Å². The first kappa shape index (κ1) is 20.9. The van der Waals surface area contributed by atoms with Crippen LogP contribution in [0.15, 0.2) is 24.3 Å². The zero-order valence-corrected chi connectivity index (χ0v) is 15.0. The van der Waals surface area contributed by atoms with E-state index in [4.69, 9.17) is 10.5 Å². The maximum Gasteiger partial charge on any atom is 0.231 e. The Morgan fingerprint density at radius 2 is 2.12 bits per heavy atom. The fraction of sp³-hybridized carbons (Fsp3) is 0.611. The number of ether oxygens (including phenoxy) is 1. The molecular formula is C18H28ClFN2O2. The molecular weight excluding hydrogens is 331 g/mol. The van der Waals surface area contributed by atoms with Crippen molar-refractivity contribution in [2.75, 3.05) is 19.8 Å². The predicted molar refractivity (Wildman–Crippen MR) is 95.9 cm³/mol. The average molecular weight is 359 g/mol. The molecule has 0 saturated carbocycles. The highest BCUT2D eigenvalue weighted by atomic mass is 35.5. The minimum Gasteiger partial charge on any atom is -0.381 e. The highest BCUT2D eigenvalue weighted by Crippen LogP contribution is 2.35. The molecule has 1 fully saturated rings. The molecule has 4 nitrogen and oxygen atoms in total. The Balaban J connectivity index is 0.00000288. The molecule has 0 aliphatic carbocycles. The quantitative estimate of drug-likeness (QED) is 0.787. The second kappa shape index (κ2) is 9.97. The molecule has 1 aliphatic heterocycles. The van der Waals surface area contributed by atoms with Gasteiger partial charge >= 0.3 is 0 Å². The van der Waals surface area contributed by atoms with E-state index in [1.807, 2.05) is 6.07 Å². The van der Waals surface area contributed by atoms with Crippen LogP contribution >= 0.6 is 12.4 Å². The van der Waals surface area contributed by atoms with E-state index in [2.05, 4.69) is 12.2 Å². The van der Waals surface area contributed by atoms with Crippen LogP contribution < -0.4 is 11.1 Å². The highest BCUT2D eigenvalue weighted by Gasteiger charge is 2.42. The Labute approximate surface area is 149 Å². The Morgan fingerprint density at radius 1 is 1.42 bits per heavy atom. The number of carbonyl (C=O) groups is 1. The van der Waals surface area contributed by atoms with E-state index < -0.39 is 5.41 Å². The summed E-state index contributed by atoms with van der Waals surface area (Å²) in [7, 11) is 0. The van der Waals surface area contributed by atoms with Crippen molar-refractivity contribution < 1.29 is 13.9 Å². The molecule has 1 unspecified atom stereocenters. The van der Waals surface area contributed by atoms with Gasteiger partial charge in [0.1, 0.15) is 5.82 Å². The molecule has 1 aliphatic rings. The molecule has 1 saturated heterocycles. The number of halogens is 2. The molecule has 24 heavy (non-hydrogen) atoms. The van der Waals surface area contributed by atoms with Crippen molar-refractivity contribution in [2.24, 2.45) is 5.73 Å². The fourth-order valence-electron chi connectivity index (χ4n) is 3.18. The lowest BCUT2D eigenvalue weighted by atomic mass is 9.73. The maximum absolute atomic E-state index is 13.7. The van der Waals surface area contributed by atoms with Gasteiger partial charge in [-0.1, -0.05) is 31.9 Å². The molecule has 136 valence electrons. The van der Waals surface area contributed by atoms with Crippen LogP contribution in [0.25, 0.3) is 0 Å². The van der Waals surface area contributed by atoms with Crippen LogP contribution in [0.1, 0.15) is 44.6 Å². The summed E-state index contributed by atoms with van der Waals surface area (Å²) in [5.41, 5.74) is 5.80. The van der Waals surface area contributed by atoms with Gasteiger partial charge in [-0.15, -0.1) is 12.4 Å². The lowest BCUT2D eigenvalue weighted by molar-refractivity contribution is -0.131. The van der Waals surface area contributed by atoms with Crippen molar-refractivity contribution in [3.05, 3.63) is 35.6 Å². The van der Waals surface area contributed by atoms with E-state index in [1.165, 1.54) is 12.1 Å². The van der Waals surface area contributed by atoms with Crippen molar-refractivity contribution in [2.45, 2.75) is 50.5 Å². The van der Waals surface area contributed by atoms with Gasteiger partial charge in [0.05, 0.1) is 5.41 Å². The number of nitrogens with two attached hydrogens (primary N) is 1. The normalized spacial score (nSPS) is 17.6. The summed E-state index contributed by atoms with van der Waals surface area (Å²) in [6.07, 6.45) is 4.09. The summed E-state index contributed by atoms with van der Waals surface area (Å²) in [5.74, 6) is -0.375. The zero-order chi connectivity index (χ0) is 16.7. The number of rotatable bonds is 7. The van der Waals surface area contributed by atoms with Gasteiger partial charge in [-0.2, -0.15) is 0 Å². The average Bonchev–Trinajstić information content (AvgIpc) is 2.59. The van der Waals surface area contributed by atoms with E-state index in [-0.39, 0.29) is 30.2 Å². The molecule has 1 amide bonds. The smallest absolute Gasteiger partial charge is 0.231 e. The molecule has 1 atom stereocenters. The third-order valence-corrected chi connectivity index (χ3v) is 4.68. The van der Waals surface area contributed by atoms with Gasteiger partial charge in [-0.05, 0) is 37.0 Å². The molecule has 1 heterocycles. The second-order valence-electron chi connectivity index (χ2n) is 6.25. The van der Waals surface area contributed by atoms with Crippen LogP contribution in [0.5, 0.6) is 0 Å². The summed E-state index contributed by atoms with van der Waals surface area (Å²) in [6.45, 7) is 3.54. The Hall–Kier alpha value is -1.17. The molecule has 0 spiro atoms. The highest BCUT2D eigenvalue weighted by molar-refractivity contribution is 5.88. The first-order valence-electron chi connectivity index (χ1n) is 8.47. The monoisotopic (exact) mass is 358 g/mol. The fourth-order valence-corrected chi connectivity index (χ4v) is 3.18. The van der Waals surface area contributed by atoms with Gasteiger partial charge in [-0.25, -0.2) is 4.39 Å². The number of nitrogens with one attached hydrogen (secondary N) is 1. The summed E-state index contributed by atoms with van der Waals surface area (Å²) < 4.78 is 19.1. The number of hydrogen-bond acceptors (Lipinski definition) is 3. The molecule has 1 aromatic rings. The summed E-state index contributed by atoms with van der Waals surface area (Å²) >= 11 is 0. The Morgan fingerprint density at radius 3 is 2.71 bits per heavy atom. The SMILES string of the molecule is CCCCC(CN)NC(=O)C1(c2cccc(F)c2)CCOCC1.Cl. The van der Waals surface area contributed by atoms with E-state index in [0.717, 1.165) is 24.8 Å². The number of carbonyl (C=O) groups excluding carboxylic acids is 1. The van der Waals surface area contributed by atoms with Crippen molar-refractivity contribution in [1.82, 2.24) is 5.32 Å². The predicted octanol–water partition coefficient (Wildman–Crippen LogP) is 2.93. The van der Waals surface area contributed by atoms with Crippen molar-refractivity contribution >= 4 is 18.3 Å². The summed E-state index contributed by atoms with van der Waals surface area (Å²) in [6, 6.07) is 6.33. The van der Waals surface area contributed by atoms with Crippen LogP contribution in [0.4, 0.5) is 4.39 Å². The van der Waals surface area contributed by atoms with Crippen molar-refractivity contribution in [3.8, 4) is 0 Å². The molecule has 0 bridgehead atoms. The minimum atomic E-state index is -0.722. The lowest BCUT2D eigenvalue weighted by Gasteiger charge is -2.37. The van der Waals surface area contributed by atoms with Crippen LogP contribution in [0.2, 0.25) is 0 Å². The summed E-state index contributed by atoms with van der Waals surface area (Å²) in [5, 5.41) is 3.09. The van der Waals surface area contributed by atoms with Gasteiger partial charge in [0, 0.05) is 25.8 Å². The number of amides is 1. The van der Waals surface area contributed by atoms with Gasteiger partial charge in [0.25, 0.3) is 0 Å². The number of unbranched alkanes of at least 4 members (excludes halogenated alkanes) is 1. The lowest BCUT2D eigenvalue weighted by Crippen LogP contribution is -2.52. The maximum atomic E-state index is 13.7. The van der Waals surface area contributed by atoms with E-state index in [9.17, 15) is 9.18 Å². The minimum absolute atomic E-state index is 0. The van der Waals surface area contributed by atoms with Gasteiger partial charge in [-0.3, -0.25) is 4.79 Å². The standard InChI is InChI=1S/C18H27FN2O2.ClH/c1-2-3-7-16(13-20)21-17(22)18(8-10-23-11-9-18)14-5-4-6-15(19)12-14;/h4-6,12,16H,2-3,7-11,13,20H2,1H3,(H,21,22);1H. The molecule has 1 aromatic carbocycles. The van der Waals surface area contributed by atoms with Gasteiger partial charge in [0.2, 0.25) is 5.91 Å². The Bertz CT molecular complexity index is 521. The number of benzene rings is 1. The molecule has 6 heteroatoms. The van der Waals surface area contributed by atoms with E-state index in [0.29, 0.717) is 32.6 Å². The van der Waals surface area contributed by atoms with Crippen LogP contribution in [-0.4, -0.2) is 31.7 Å². The van der Waals surface area contributed by atoms with E-state index >= 15 is 0 Å².